The molecule has 0 aliphatic carbocycles. The van der Waals surface area contributed by atoms with Crippen molar-refractivity contribution in [2.24, 2.45) is 5.14 Å². The summed E-state index contributed by atoms with van der Waals surface area (Å²) in [4.78, 5) is 11.2. The van der Waals surface area contributed by atoms with Gasteiger partial charge in [-0.3, -0.25) is 4.79 Å². The van der Waals surface area contributed by atoms with Gasteiger partial charge in [-0.1, -0.05) is 11.6 Å². The molecule has 1 amide bonds. The zero-order valence-electron chi connectivity index (χ0n) is 10.8. The molecule has 0 aromatic heterocycles. The highest BCUT2D eigenvalue weighted by Crippen LogP contribution is 2.29. The van der Waals surface area contributed by atoms with Gasteiger partial charge in [-0.05, 0) is 24.6 Å². The molecule has 21 heavy (non-hydrogen) atoms. The fraction of sp³-hybridized carbons (Fsp3) is 0.364. The molecule has 0 spiro atoms. The van der Waals surface area contributed by atoms with Crippen LogP contribution >= 0.6 is 11.6 Å². The number of carbonyl (C=O) groups is 1. The Kier molecular flexibility index (Phi) is 5.24. The number of primary sulfonamides is 1. The first-order valence-corrected chi connectivity index (χ1v) is 7.52. The zero-order chi connectivity index (χ0) is 16.4. The first kappa shape index (κ1) is 17.7. The molecule has 0 aliphatic heterocycles. The Hall–Kier alpha value is -1.32. The maximum Gasteiger partial charge on any atom is 0.389 e. The van der Waals surface area contributed by atoms with E-state index in [1.54, 1.807) is 0 Å². The van der Waals surface area contributed by atoms with Crippen molar-refractivity contribution >= 4 is 33.2 Å². The first-order valence-electron chi connectivity index (χ1n) is 5.60. The van der Waals surface area contributed by atoms with E-state index in [0.29, 0.717) is 0 Å². The Bertz CT molecular complexity index is 636. The molecule has 10 heteroatoms. The number of rotatable bonds is 4. The fourth-order valence-corrected chi connectivity index (χ4v) is 2.49. The second-order valence-corrected chi connectivity index (χ2v) is 6.27. The molecule has 0 unspecified atom stereocenters. The lowest BCUT2D eigenvalue weighted by atomic mass is 10.2. The van der Waals surface area contributed by atoms with E-state index in [1.807, 2.05) is 0 Å². The number of sulfonamides is 1. The summed E-state index contributed by atoms with van der Waals surface area (Å²) in [6.45, 7) is 1.44. The first-order chi connectivity index (χ1) is 9.40. The topological polar surface area (TPSA) is 89.3 Å². The minimum absolute atomic E-state index is 0.0521. The number of halogens is 4. The smallest absolute Gasteiger partial charge is 0.325 e. The third kappa shape index (κ3) is 5.52. The van der Waals surface area contributed by atoms with Gasteiger partial charge in [-0.2, -0.15) is 13.2 Å². The van der Waals surface area contributed by atoms with Crippen molar-refractivity contribution in [2.75, 3.05) is 5.32 Å². The van der Waals surface area contributed by atoms with Crippen molar-refractivity contribution < 1.29 is 26.4 Å². The number of nitrogens with one attached hydrogen (secondary N) is 1. The van der Waals surface area contributed by atoms with Crippen molar-refractivity contribution in [3.8, 4) is 0 Å². The highest BCUT2D eigenvalue weighted by Gasteiger charge is 2.28. The molecule has 0 saturated carbocycles. The number of alkyl halides is 3. The maximum atomic E-state index is 12.0. The van der Waals surface area contributed by atoms with Crippen LogP contribution < -0.4 is 10.5 Å². The van der Waals surface area contributed by atoms with Crippen LogP contribution in [0.15, 0.2) is 17.0 Å². The highest BCUT2D eigenvalue weighted by molar-refractivity contribution is 7.89. The summed E-state index contributed by atoms with van der Waals surface area (Å²) in [7, 11) is -3.97. The van der Waals surface area contributed by atoms with Gasteiger partial charge < -0.3 is 5.32 Å². The van der Waals surface area contributed by atoms with E-state index >= 15 is 0 Å². The van der Waals surface area contributed by atoms with E-state index in [4.69, 9.17) is 16.7 Å². The molecular formula is C11H12ClF3N2O3S. The molecular weight excluding hydrogens is 333 g/mol. The van der Waals surface area contributed by atoms with E-state index in [1.165, 1.54) is 13.0 Å². The van der Waals surface area contributed by atoms with Crippen LogP contribution in [0.25, 0.3) is 0 Å². The van der Waals surface area contributed by atoms with Gasteiger partial charge in [0.25, 0.3) is 0 Å². The number of amides is 1. The molecule has 1 rings (SSSR count). The Morgan fingerprint density at radius 1 is 1.38 bits per heavy atom. The van der Waals surface area contributed by atoms with Crippen LogP contribution in [0.5, 0.6) is 0 Å². The number of hydrogen-bond acceptors (Lipinski definition) is 3. The van der Waals surface area contributed by atoms with Gasteiger partial charge in [0.1, 0.15) is 0 Å². The van der Waals surface area contributed by atoms with Crippen molar-refractivity contribution in [3.63, 3.8) is 0 Å². The minimum Gasteiger partial charge on any atom is -0.325 e. The van der Waals surface area contributed by atoms with Gasteiger partial charge in [0.05, 0.1) is 22.0 Å². The average molecular weight is 345 g/mol. The van der Waals surface area contributed by atoms with Crippen molar-refractivity contribution in [1.82, 2.24) is 0 Å². The summed E-state index contributed by atoms with van der Waals surface area (Å²) < 4.78 is 58.4. The lowest BCUT2D eigenvalue weighted by Crippen LogP contribution is -2.18. The Labute approximate surface area is 124 Å². The third-order valence-electron chi connectivity index (χ3n) is 2.49. The van der Waals surface area contributed by atoms with Gasteiger partial charge in [-0.25, -0.2) is 13.6 Å². The number of hydrogen-bond donors (Lipinski definition) is 2. The van der Waals surface area contributed by atoms with Crippen LogP contribution in [0.3, 0.4) is 0 Å². The Morgan fingerprint density at radius 3 is 2.38 bits per heavy atom. The molecule has 0 fully saturated rings. The molecule has 0 radical (unpaired) electrons. The van der Waals surface area contributed by atoms with Gasteiger partial charge in [0.2, 0.25) is 15.9 Å². The lowest BCUT2D eigenvalue weighted by molar-refractivity contribution is -0.142. The molecule has 1 aromatic carbocycles. The normalized spacial score (nSPS) is 12.3. The van der Waals surface area contributed by atoms with Crippen LogP contribution in [0.4, 0.5) is 18.9 Å². The average Bonchev–Trinajstić information content (AvgIpc) is 2.29. The predicted octanol–water partition coefficient (Wildman–Crippen LogP) is 2.58. The number of aryl methyl sites for hydroxylation is 1. The van der Waals surface area contributed by atoms with E-state index in [2.05, 4.69) is 5.32 Å². The molecule has 0 atom stereocenters. The van der Waals surface area contributed by atoms with E-state index in [-0.39, 0.29) is 21.2 Å². The summed E-state index contributed by atoms with van der Waals surface area (Å²) in [5.74, 6) is -0.874. The lowest BCUT2D eigenvalue weighted by Gasteiger charge is -2.12. The molecule has 118 valence electrons. The molecule has 0 heterocycles. The number of nitrogens with two attached hydrogens (primary N) is 1. The summed E-state index contributed by atoms with van der Waals surface area (Å²) in [6.07, 6.45) is -6.45. The van der Waals surface area contributed by atoms with Gasteiger partial charge in [-0.15, -0.1) is 0 Å². The van der Waals surface area contributed by atoms with Gasteiger partial charge in [0, 0.05) is 6.42 Å². The van der Waals surface area contributed by atoms with Crippen LogP contribution in [-0.4, -0.2) is 20.5 Å². The van der Waals surface area contributed by atoms with Crippen LogP contribution in [0.2, 0.25) is 5.02 Å². The number of carbonyl (C=O) groups excluding carboxylic acids is 1. The minimum atomic E-state index is -4.44. The Morgan fingerprint density at radius 2 is 1.95 bits per heavy atom. The fourth-order valence-electron chi connectivity index (χ4n) is 1.49. The van der Waals surface area contributed by atoms with Crippen LogP contribution in [0, 0.1) is 6.92 Å². The van der Waals surface area contributed by atoms with E-state index in [9.17, 15) is 26.4 Å². The second-order valence-electron chi connectivity index (χ2n) is 4.31. The molecule has 0 saturated heterocycles. The van der Waals surface area contributed by atoms with Crippen LogP contribution in [-0.2, 0) is 14.8 Å². The number of anilines is 1. The summed E-state index contributed by atoms with van der Waals surface area (Å²) in [5.41, 5.74) is 0.322. The van der Waals surface area contributed by atoms with Crippen molar-refractivity contribution in [1.29, 1.82) is 0 Å². The summed E-state index contributed by atoms with van der Waals surface area (Å²) in [5, 5.41) is 7.04. The molecule has 5 nitrogen and oxygen atoms in total. The zero-order valence-corrected chi connectivity index (χ0v) is 12.4. The Balaban J connectivity index is 2.93. The SMILES string of the molecule is Cc1cc(S(N)(=O)=O)cc(Cl)c1NC(=O)CCC(F)(F)F. The van der Waals surface area contributed by atoms with Crippen LogP contribution in [0.1, 0.15) is 18.4 Å². The second kappa shape index (κ2) is 6.20. The van der Waals surface area contributed by atoms with Crippen molar-refractivity contribution in [3.05, 3.63) is 22.7 Å². The summed E-state index contributed by atoms with van der Waals surface area (Å²) in [6, 6.07) is 2.18. The van der Waals surface area contributed by atoms with E-state index in [0.717, 1.165) is 6.07 Å². The maximum absolute atomic E-state index is 12.0. The quantitative estimate of drug-likeness (QED) is 0.879. The highest BCUT2D eigenvalue weighted by atomic mass is 35.5. The third-order valence-corrected chi connectivity index (χ3v) is 3.68. The van der Waals surface area contributed by atoms with E-state index < -0.39 is 34.9 Å². The molecule has 0 bridgehead atoms. The van der Waals surface area contributed by atoms with Gasteiger partial charge in [0.15, 0.2) is 0 Å². The monoisotopic (exact) mass is 344 g/mol. The molecule has 0 aliphatic rings. The van der Waals surface area contributed by atoms with Crippen molar-refractivity contribution in [2.45, 2.75) is 30.8 Å². The number of benzene rings is 1. The molecule has 3 N–H and O–H groups in total. The largest absolute Gasteiger partial charge is 0.389 e. The predicted molar refractivity (Wildman–Crippen MR) is 71.5 cm³/mol. The standard InChI is InChI=1S/C11H12ClF3N2O3S/c1-6-4-7(21(16,19)20)5-8(12)10(6)17-9(18)2-3-11(13,14)15/h4-5H,2-3H2,1H3,(H,17,18)(H2,16,19,20). The van der Waals surface area contributed by atoms with Gasteiger partial charge >= 0.3 is 6.18 Å². The molecule has 1 aromatic rings. The summed E-state index contributed by atoms with van der Waals surface area (Å²) >= 11 is 5.82.